The Hall–Kier alpha value is -2.25. The van der Waals surface area contributed by atoms with E-state index in [1.807, 2.05) is 0 Å². The number of aryl methyl sites for hydroxylation is 2. The van der Waals surface area contributed by atoms with Crippen molar-refractivity contribution in [3.63, 3.8) is 0 Å². The highest BCUT2D eigenvalue weighted by Gasteiger charge is 2.42. The maximum atomic E-state index is 13.3. The fourth-order valence-electron chi connectivity index (χ4n) is 3.08. The monoisotopic (exact) mass is 340 g/mol. The molecule has 0 bridgehead atoms. The van der Waals surface area contributed by atoms with Gasteiger partial charge in [0.25, 0.3) is 0 Å². The Balaban J connectivity index is 1.73. The van der Waals surface area contributed by atoms with Gasteiger partial charge in [0, 0.05) is 30.7 Å². The molecule has 0 saturated heterocycles. The highest BCUT2D eigenvalue weighted by Crippen LogP contribution is 2.32. The molecule has 2 heterocycles. The van der Waals surface area contributed by atoms with E-state index in [0.717, 1.165) is 37.1 Å². The van der Waals surface area contributed by atoms with Crippen LogP contribution in [0, 0.1) is 0 Å². The molecule has 3 rings (SSSR count). The van der Waals surface area contributed by atoms with E-state index in [4.69, 9.17) is 0 Å². The van der Waals surface area contributed by atoms with Gasteiger partial charge in [0.15, 0.2) is 6.04 Å². The Morgan fingerprint density at radius 2 is 2.12 bits per heavy atom. The molecule has 2 aromatic heterocycles. The van der Waals surface area contributed by atoms with Crippen molar-refractivity contribution < 1.29 is 18.0 Å². The first-order chi connectivity index (χ1) is 11.3. The summed E-state index contributed by atoms with van der Waals surface area (Å²) in [5.41, 5.74) is 1.93. The van der Waals surface area contributed by atoms with Gasteiger partial charge in [0.1, 0.15) is 6.54 Å². The Bertz CT molecular complexity index is 732. The predicted octanol–water partition coefficient (Wildman–Crippen LogP) is 2.52. The summed E-state index contributed by atoms with van der Waals surface area (Å²) in [7, 11) is 1.64. The molecular formula is C16H19F3N4O. The second-order valence-corrected chi connectivity index (χ2v) is 6.13. The molecule has 0 radical (unpaired) electrons. The highest BCUT2D eigenvalue weighted by molar-refractivity contribution is 5.76. The molecule has 0 saturated carbocycles. The zero-order valence-electron chi connectivity index (χ0n) is 13.3. The Kier molecular flexibility index (Phi) is 4.38. The van der Waals surface area contributed by atoms with Gasteiger partial charge in [0.2, 0.25) is 5.91 Å². The van der Waals surface area contributed by atoms with Crippen LogP contribution in [0.1, 0.15) is 35.8 Å². The number of nitrogens with zero attached hydrogens (tertiary/aromatic N) is 3. The lowest BCUT2D eigenvalue weighted by Crippen LogP contribution is -2.39. The van der Waals surface area contributed by atoms with Crippen molar-refractivity contribution in [1.82, 2.24) is 19.4 Å². The molecule has 0 fully saturated rings. The molecule has 0 spiro atoms. The van der Waals surface area contributed by atoms with Gasteiger partial charge in [-0.25, -0.2) is 4.98 Å². The molecule has 1 amide bonds. The Morgan fingerprint density at radius 1 is 1.38 bits per heavy atom. The number of imidazole rings is 1. The molecule has 8 heteroatoms. The molecule has 1 unspecified atom stereocenters. The van der Waals surface area contributed by atoms with Crippen LogP contribution in [0.4, 0.5) is 13.2 Å². The molecule has 1 atom stereocenters. The van der Waals surface area contributed by atoms with E-state index in [1.165, 1.54) is 23.0 Å². The SMILES string of the molecule is Cn1ccc(C(NC(=O)Cn2cnc3c2CCCC3)C(F)(F)F)c1. The van der Waals surface area contributed by atoms with E-state index in [1.54, 1.807) is 17.9 Å². The summed E-state index contributed by atoms with van der Waals surface area (Å²) in [5.74, 6) is -0.674. The van der Waals surface area contributed by atoms with E-state index < -0.39 is 18.1 Å². The molecule has 1 aliphatic carbocycles. The average molecular weight is 340 g/mol. The number of hydrogen-bond donors (Lipinski definition) is 1. The van der Waals surface area contributed by atoms with Crippen LogP contribution in [0.3, 0.4) is 0 Å². The van der Waals surface area contributed by atoms with Crippen LogP contribution in [0.5, 0.6) is 0 Å². The molecule has 130 valence electrons. The summed E-state index contributed by atoms with van der Waals surface area (Å²) >= 11 is 0. The summed E-state index contributed by atoms with van der Waals surface area (Å²) < 4.78 is 43.0. The normalized spacial score (nSPS) is 15.8. The largest absolute Gasteiger partial charge is 0.412 e. The molecular weight excluding hydrogens is 321 g/mol. The van der Waals surface area contributed by atoms with Gasteiger partial charge in [-0.15, -0.1) is 0 Å². The van der Waals surface area contributed by atoms with Crippen LogP contribution in [0.25, 0.3) is 0 Å². The number of nitrogens with one attached hydrogen (secondary N) is 1. The minimum absolute atomic E-state index is 0.0195. The standard InChI is InChI=1S/C16H19F3N4O/c1-22-7-6-11(8-22)15(16(17,18)19)21-14(24)9-23-10-20-12-4-2-3-5-13(12)23/h6-8,10,15H,2-5,9H2,1H3,(H,21,24). The van der Waals surface area contributed by atoms with Gasteiger partial charge in [-0.3, -0.25) is 4.79 Å². The zero-order valence-corrected chi connectivity index (χ0v) is 13.3. The highest BCUT2D eigenvalue weighted by atomic mass is 19.4. The topological polar surface area (TPSA) is 51.9 Å². The van der Waals surface area contributed by atoms with E-state index >= 15 is 0 Å². The average Bonchev–Trinajstić information content (AvgIpc) is 3.11. The Labute approximate surface area is 137 Å². The van der Waals surface area contributed by atoms with Crippen molar-refractivity contribution in [2.75, 3.05) is 0 Å². The Morgan fingerprint density at radius 3 is 2.79 bits per heavy atom. The number of fused-ring (bicyclic) bond motifs is 1. The minimum Gasteiger partial charge on any atom is -0.357 e. The number of rotatable bonds is 4. The quantitative estimate of drug-likeness (QED) is 0.930. The van der Waals surface area contributed by atoms with Gasteiger partial charge in [0.05, 0.1) is 12.0 Å². The molecule has 2 aromatic rings. The maximum Gasteiger partial charge on any atom is 0.412 e. The fourth-order valence-corrected chi connectivity index (χ4v) is 3.08. The third-order valence-corrected chi connectivity index (χ3v) is 4.24. The molecule has 5 nitrogen and oxygen atoms in total. The van der Waals surface area contributed by atoms with Crippen LogP contribution in [-0.4, -0.2) is 26.2 Å². The summed E-state index contributed by atoms with van der Waals surface area (Å²) in [5, 5.41) is 2.11. The molecule has 24 heavy (non-hydrogen) atoms. The first-order valence-electron chi connectivity index (χ1n) is 7.85. The number of alkyl halides is 3. The van der Waals surface area contributed by atoms with Crippen LogP contribution in [0.2, 0.25) is 0 Å². The number of amides is 1. The third-order valence-electron chi connectivity index (χ3n) is 4.24. The van der Waals surface area contributed by atoms with Crippen LogP contribution in [0.15, 0.2) is 24.8 Å². The lowest BCUT2D eigenvalue weighted by molar-refractivity contribution is -0.163. The van der Waals surface area contributed by atoms with Gasteiger partial charge in [-0.05, 0) is 31.7 Å². The van der Waals surface area contributed by atoms with E-state index in [2.05, 4.69) is 10.3 Å². The van der Waals surface area contributed by atoms with E-state index in [9.17, 15) is 18.0 Å². The molecule has 0 aliphatic heterocycles. The molecule has 1 N–H and O–H groups in total. The van der Waals surface area contributed by atoms with Crippen molar-refractivity contribution in [2.45, 2.75) is 44.4 Å². The molecule has 0 aromatic carbocycles. The fraction of sp³-hybridized carbons (Fsp3) is 0.500. The molecule has 1 aliphatic rings. The number of carbonyl (C=O) groups excluding carboxylic acids is 1. The first kappa shape index (κ1) is 16.6. The van der Waals surface area contributed by atoms with Gasteiger partial charge >= 0.3 is 6.18 Å². The number of halogens is 3. The van der Waals surface area contributed by atoms with Gasteiger partial charge < -0.3 is 14.5 Å². The van der Waals surface area contributed by atoms with E-state index in [0.29, 0.717) is 0 Å². The van der Waals surface area contributed by atoms with Crippen LogP contribution >= 0.6 is 0 Å². The van der Waals surface area contributed by atoms with Crippen molar-refractivity contribution >= 4 is 5.91 Å². The van der Waals surface area contributed by atoms with Gasteiger partial charge in [-0.1, -0.05) is 0 Å². The van der Waals surface area contributed by atoms with Crippen LogP contribution in [-0.2, 0) is 31.2 Å². The zero-order chi connectivity index (χ0) is 17.3. The van der Waals surface area contributed by atoms with E-state index in [-0.39, 0.29) is 12.1 Å². The summed E-state index contributed by atoms with van der Waals surface area (Å²) in [4.78, 5) is 16.4. The van der Waals surface area contributed by atoms with Crippen molar-refractivity contribution in [3.8, 4) is 0 Å². The lowest BCUT2D eigenvalue weighted by atomic mass is 10.0. The second kappa shape index (κ2) is 6.33. The van der Waals surface area contributed by atoms with Crippen molar-refractivity contribution in [2.24, 2.45) is 7.05 Å². The van der Waals surface area contributed by atoms with Gasteiger partial charge in [-0.2, -0.15) is 13.2 Å². The maximum absolute atomic E-state index is 13.3. The summed E-state index contributed by atoms with van der Waals surface area (Å²) in [6.45, 7) is -0.151. The van der Waals surface area contributed by atoms with Crippen molar-refractivity contribution in [1.29, 1.82) is 0 Å². The first-order valence-corrected chi connectivity index (χ1v) is 7.85. The second-order valence-electron chi connectivity index (χ2n) is 6.13. The van der Waals surface area contributed by atoms with Crippen molar-refractivity contribution in [3.05, 3.63) is 41.7 Å². The third kappa shape index (κ3) is 3.47. The van der Waals surface area contributed by atoms with Crippen LogP contribution < -0.4 is 5.32 Å². The lowest BCUT2D eigenvalue weighted by Gasteiger charge is -2.21. The minimum atomic E-state index is -4.55. The predicted molar refractivity (Wildman–Crippen MR) is 81.2 cm³/mol. The smallest absolute Gasteiger partial charge is 0.357 e. The summed E-state index contributed by atoms with van der Waals surface area (Å²) in [6, 6.07) is -0.650. The number of aromatic nitrogens is 3. The number of carbonyl (C=O) groups is 1. The number of hydrogen-bond acceptors (Lipinski definition) is 2. The summed E-state index contributed by atoms with van der Waals surface area (Å²) in [6.07, 6.45) is 3.61.